The third kappa shape index (κ3) is 5.73. The Hall–Kier alpha value is -2.11. The van der Waals surface area contributed by atoms with E-state index in [0.717, 1.165) is 37.0 Å². The minimum atomic E-state index is -0.431. The number of nitrogens with zero attached hydrogens (tertiary/aromatic N) is 2. The second-order valence-corrected chi connectivity index (χ2v) is 13.1. The summed E-state index contributed by atoms with van der Waals surface area (Å²) in [6.07, 6.45) is 10.4. The Balaban J connectivity index is 1.41. The van der Waals surface area contributed by atoms with Gasteiger partial charge in [0.1, 0.15) is 0 Å². The summed E-state index contributed by atoms with van der Waals surface area (Å²) >= 11 is 1.78. The molecule has 4 rings (SSSR count). The van der Waals surface area contributed by atoms with E-state index in [4.69, 9.17) is 10.7 Å². The van der Waals surface area contributed by atoms with Gasteiger partial charge in [-0.2, -0.15) is 0 Å². The highest BCUT2D eigenvalue weighted by molar-refractivity contribution is 7.10. The third-order valence-electron chi connectivity index (χ3n) is 8.50. The number of hydrogen-bond donors (Lipinski definition) is 1. The van der Waals surface area contributed by atoms with Crippen LogP contribution in [0.1, 0.15) is 109 Å². The molecule has 0 saturated heterocycles. The molecule has 0 amide bonds. The lowest BCUT2D eigenvalue weighted by Crippen LogP contribution is -2.37. The summed E-state index contributed by atoms with van der Waals surface area (Å²) in [5.41, 5.74) is 13.0. The third-order valence-corrected chi connectivity index (χ3v) is 9.51. The van der Waals surface area contributed by atoms with Gasteiger partial charge in [0, 0.05) is 35.2 Å². The van der Waals surface area contributed by atoms with Gasteiger partial charge in [-0.05, 0) is 86.8 Å². The number of benzene rings is 1. The molecule has 2 aliphatic carbocycles. The predicted octanol–water partition coefficient (Wildman–Crippen LogP) is 7.71. The maximum absolute atomic E-state index is 13.0. The largest absolute Gasteiger partial charge is 0.321 e. The maximum atomic E-state index is 13.0. The summed E-state index contributed by atoms with van der Waals surface area (Å²) < 4.78 is 0. The van der Waals surface area contributed by atoms with Crippen LogP contribution in [0.3, 0.4) is 0 Å². The second kappa shape index (κ2) is 10.7. The summed E-state index contributed by atoms with van der Waals surface area (Å²) in [5.74, 6) is 0.725. The molecule has 2 aromatic rings. The van der Waals surface area contributed by atoms with Gasteiger partial charge in [-0.3, -0.25) is 9.79 Å². The zero-order valence-corrected chi connectivity index (χ0v) is 23.8. The lowest BCUT2D eigenvalue weighted by atomic mass is 9.63. The first-order valence-electron chi connectivity index (χ1n) is 13.6. The fourth-order valence-corrected chi connectivity index (χ4v) is 6.99. The van der Waals surface area contributed by atoms with Gasteiger partial charge in [0.05, 0.1) is 16.7 Å². The van der Waals surface area contributed by atoms with E-state index >= 15 is 0 Å². The first-order chi connectivity index (χ1) is 17.0. The van der Waals surface area contributed by atoms with Crippen LogP contribution in [0.5, 0.6) is 0 Å². The highest BCUT2D eigenvalue weighted by Crippen LogP contribution is 2.47. The van der Waals surface area contributed by atoms with Crippen molar-refractivity contribution in [2.45, 2.75) is 109 Å². The zero-order chi connectivity index (χ0) is 26.1. The molecule has 36 heavy (non-hydrogen) atoms. The van der Waals surface area contributed by atoms with Crippen molar-refractivity contribution in [2.75, 3.05) is 0 Å². The molecule has 5 heteroatoms. The Morgan fingerprint density at radius 3 is 2.47 bits per heavy atom. The van der Waals surface area contributed by atoms with Crippen LogP contribution < -0.4 is 5.73 Å². The minimum absolute atomic E-state index is 0.0735. The summed E-state index contributed by atoms with van der Waals surface area (Å²) in [6.45, 7) is 13.4. The van der Waals surface area contributed by atoms with Gasteiger partial charge < -0.3 is 5.73 Å². The lowest BCUT2D eigenvalue weighted by molar-refractivity contribution is -0.125. The molecule has 0 bridgehead atoms. The number of Topliss-reactive ketones (excluding diaryl/α,β-unsaturated/α-hetero) is 1. The SMILES string of the molecule is CC=N/C=C(\C)CC(N)C(=O)C1CCC(c2nc(-c3ccc4c(c3)C(C)(C)CCC4(C)C)cs2)CC1. The van der Waals surface area contributed by atoms with Gasteiger partial charge in [0.15, 0.2) is 5.78 Å². The minimum Gasteiger partial charge on any atom is -0.321 e. The van der Waals surface area contributed by atoms with E-state index in [2.05, 4.69) is 56.3 Å². The molecule has 2 aliphatic rings. The topological polar surface area (TPSA) is 68.3 Å². The quantitative estimate of drug-likeness (QED) is 0.392. The Kier molecular flexibility index (Phi) is 8.01. The van der Waals surface area contributed by atoms with Gasteiger partial charge in [0.2, 0.25) is 0 Å². The van der Waals surface area contributed by atoms with Gasteiger partial charge in [0.25, 0.3) is 0 Å². The van der Waals surface area contributed by atoms with Crippen LogP contribution in [-0.2, 0) is 15.6 Å². The van der Waals surface area contributed by atoms with E-state index in [1.807, 2.05) is 13.8 Å². The van der Waals surface area contributed by atoms with E-state index in [9.17, 15) is 4.79 Å². The van der Waals surface area contributed by atoms with Crippen LogP contribution >= 0.6 is 11.3 Å². The summed E-state index contributed by atoms with van der Waals surface area (Å²) in [7, 11) is 0. The molecular weight excluding hydrogens is 462 g/mol. The lowest BCUT2D eigenvalue weighted by Gasteiger charge is -2.42. The maximum Gasteiger partial charge on any atom is 0.152 e. The standard InChI is InChI=1S/C31H43N3OS/c1-7-33-18-20(2)16-26(32)28(35)21-8-10-22(11-9-21)29-34-27(19-36-29)23-12-13-24-25(17-23)31(5,6)15-14-30(24,3)4/h7,12-13,17-19,21-22,26H,8-11,14-16,32H2,1-6H3/b20-18+,33-7?. The van der Waals surface area contributed by atoms with Crippen LogP contribution in [0, 0.1) is 5.92 Å². The number of ketones is 1. The molecule has 1 heterocycles. The molecule has 1 unspecified atom stereocenters. The van der Waals surface area contributed by atoms with Crippen LogP contribution in [0.4, 0.5) is 0 Å². The molecule has 2 N–H and O–H groups in total. The van der Waals surface area contributed by atoms with Gasteiger partial charge in [-0.25, -0.2) is 4.98 Å². The Morgan fingerprint density at radius 2 is 1.81 bits per heavy atom. The number of carbonyl (C=O) groups is 1. The van der Waals surface area contributed by atoms with E-state index < -0.39 is 6.04 Å². The Morgan fingerprint density at radius 1 is 1.14 bits per heavy atom. The number of rotatable bonds is 7. The van der Waals surface area contributed by atoms with Gasteiger partial charge >= 0.3 is 0 Å². The fraction of sp³-hybridized carbons (Fsp3) is 0.581. The molecule has 1 atom stereocenters. The molecule has 194 valence electrons. The van der Waals surface area contributed by atoms with Crippen molar-refractivity contribution in [3.63, 3.8) is 0 Å². The molecule has 0 aliphatic heterocycles. The average Bonchev–Trinajstić information content (AvgIpc) is 3.35. The van der Waals surface area contributed by atoms with Crippen molar-refractivity contribution in [1.82, 2.24) is 4.98 Å². The molecule has 0 spiro atoms. The van der Waals surface area contributed by atoms with Crippen LogP contribution in [0.2, 0.25) is 0 Å². The van der Waals surface area contributed by atoms with Crippen molar-refractivity contribution >= 4 is 23.3 Å². The van der Waals surface area contributed by atoms with E-state index in [0.29, 0.717) is 12.3 Å². The molecule has 1 saturated carbocycles. The number of aromatic nitrogens is 1. The summed E-state index contributed by atoms with van der Waals surface area (Å²) in [5, 5.41) is 3.44. The van der Waals surface area contributed by atoms with Crippen LogP contribution in [-0.4, -0.2) is 23.0 Å². The van der Waals surface area contributed by atoms with Crippen molar-refractivity contribution in [3.8, 4) is 11.3 Å². The highest BCUT2D eigenvalue weighted by atomic mass is 32.1. The molecular formula is C31H43N3OS. The van der Waals surface area contributed by atoms with Crippen molar-refractivity contribution in [1.29, 1.82) is 0 Å². The molecule has 1 fully saturated rings. The number of nitrogens with two attached hydrogens (primary N) is 1. The first kappa shape index (κ1) is 26.9. The number of aliphatic imine (C=N–C) groups is 1. The van der Waals surface area contributed by atoms with Crippen LogP contribution in [0.15, 0.2) is 40.3 Å². The Bertz CT molecular complexity index is 1150. The van der Waals surface area contributed by atoms with E-state index in [1.54, 1.807) is 23.8 Å². The van der Waals surface area contributed by atoms with Crippen molar-refractivity contribution in [3.05, 3.63) is 51.5 Å². The van der Waals surface area contributed by atoms with Gasteiger partial charge in [-0.1, -0.05) is 45.4 Å². The molecule has 1 aromatic carbocycles. The number of fused-ring (bicyclic) bond motifs is 1. The summed E-state index contributed by atoms with van der Waals surface area (Å²) in [4.78, 5) is 22.2. The number of thiazole rings is 1. The fourth-order valence-electron chi connectivity index (χ4n) is 5.99. The second-order valence-electron chi connectivity index (χ2n) is 12.2. The zero-order valence-electron chi connectivity index (χ0n) is 22.9. The van der Waals surface area contributed by atoms with Crippen molar-refractivity contribution in [2.24, 2.45) is 16.6 Å². The monoisotopic (exact) mass is 505 g/mol. The predicted molar refractivity (Wildman–Crippen MR) is 153 cm³/mol. The van der Waals surface area contributed by atoms with Crippen LogP contribution in [0.25, 0.3) is 11.3 Å². The summed E-state index contributed by atoms with van der Waals surface area (Å²) in [6, 6.07) is 6.57. The molecule has 1 aromatic heterocycles. The number of hydrogen-bond acceptors (Lipinski definition) is 5. The highest BCUT2D eigenvalue weighted by Gasteiger charge is 2.37. The normalized spacial score (nSPS) is 24.5. The van der Waals surface area contributed by atoms with Gasteiger partial charge in [-0.15, -0.1) is 11.3 Å². The molecule has 4 nitrogen and oxygen atoms in total. The van der Waals surface area contributed by atoms with E-state index in [-0.39, 0.29) is 22.5 Å². The molecule has 0 radical (unpaired) electrons. The average molecular weight is 506 g/mol. The van der Waals surface area contributed by atoms with Crippen molar-refractivity contribution < 1.29 is 4.79 Å². The smallest absolute Gasteiger partial charge is 0.152 e. The first-order valence-corrected chi connectivity index (χ1v) is 14.4. The number of carbonyl (C=O) groups excluding carboxylic acids is 1. The Labute approximate surface area is 221 Å². The van der Waals surface area contributed by atoms with E-state index in [1.165, 1.54) is 34.5 Å².